The van der Waals surface area contributed by atoms with Gasteiger partial charge in [-0.05, 0) is 31.2 Å². The monoisotopic (exact) mass is 259 g/mol. The highest BCUT2D eigenvalue weighted by Gasteiger charge is 2.19. The molecule has 2 aromatic carbocycles. The Balaban J connectivity index is 2.36. The molecule has 0 unspecified atom stereocenters. The van der Waals surface area contributed by atoms with Crippen LogP contribution in [0.5, 0.6) is 5.75 Å². The maximum absolute atomic E-state index is 12.9. The molecule has 4 heteroatoms. The Kier molecular flexibility index (Phi) is 3.80. The molecule has 0 radical (unpaired) electrons. The van der Waals surface area contributed by atoms with Crippen molar-refractivity contribution in [3.05, 3.63) is 59.9 Å². The molecule has 98 valence electrons. The van der Waals surface area contributed by atoms with E-state index in [0.29, 0.717) is 6.54 Å². The molecule has 1 amide bonds. The molecule has 0 heterocycles. The average molecular weight is 259 g/mol. The molecule has 0 spiro atoms. The number of rotatable bonds is 3. The van der Waals surface area contributed by atoms with Gasteiger partial charge in [-0.3, -0.25) is 4.79 Å². The predicted octanol–water partition coefficient (Wildman–Crippen LogP) is 3.20. The molecule has 0 aliphatic carbocycles. The zero-order chi connectivity index (χ0) is 13.8. The maximum atomic E-state index is 12.9. The molecule has 1 N–H and O–H groups in total. The fourth-order valence-electron chi connectivity index (χ4n) is 1.88. The van der Waals surface area contributed by atoms with Crippen LogP contribution in [-0.4, -0.2) is 17.6 Å². The van der Waals surface area contributed by atoms with Gasteiger partial charge in [-0.2, -0.15) is 0 Å². The number of benzene rings is 2. The lowest BCUT2D eigenvalue weighted by molar-refractivity contribution is 0.0985. The number of hydrogen-bond donors (Lipinski definition) is 1. The van der Waals surface area contributed by atoms with Crippen LogP contribution in [0.15, 0.2) is 48.5 Å². The van der Waals surface area contributed by atoms with Crippen molar-refractivity contribution >= 4 is 11.6 Å². The van der Waals surface area contributed by atoms with Crippen LogP contribution < -0.4 is 4.90 Å². The number of carbonyl (C=O) groups is 1. The summed E-state index contributed by atoms with van der Waals surface area (Å²) in [5.41, 5.74) is 0.825. The van der Waals surface area contributed by atoms with Crippen molar-refractivity contribution in [3.63, 3.8) is 0 Å². The van der Waals surface area contributed by atoms with Crippen molar-refractivity contribution < 1.29 is 14.3 Å². The first kappa shape index (κ1) is 13.1. The van der Waals surface area contributed by atoms with Crippen molar-refractivity contribution in [1.29, 1.82) is 0 Å². The number of amides is 1. The molecule has 0 saturated carbocycles. The molecule has 3 nitrogen and oxygen atoms in total. The largest absolute Gasteiger partial charge is 0.507 e. The minimum Gasteiger partial charge on any atom is -0.507 e. The van der Waals surface area contributed by atoms with Crippen LogP contribution in [0.2, 0.25) is 0 Å². The summed E-state index contributed by atoms with van der Waals surface area (Å²) in [6, 6.07) is 12.5. The van der Waals surface area contributed by atoms with Gasteiger partial charge in [0.25, 0.3) is 5.91 Å². The number of anilines is 1. The number of aromatic hydroxyl groups is 1. The summed E-state index contributed by atoms with van der Waals surface area (Å²) < 4.78 is 12.9. The normalized spacial score (nSPS) is 10.2. The molecular weight excluding hydrogens is 245 g/mol. The Hall–Kier alpha value is -2.36. The van der Waals surface area contributed by atoms with Crippen LogP contribution in [0, 0.1) is 5.82 Å². The fourth-order valence-corrected chi connectivity index (χ4v) is 1.88. The van der Waals surface area contributed by atoms with E-state index in [9.17, 15) is 14.3 Å². The summed E-state index contributed by atoms with van der Waals surface area (Å²) in [6.45, 7) is 2.30. The van der Waals surface area contributed by atoms with E-state index in [1.807, 2.05) is 37.3 Å². The van der Waals surface area contributed by atoms with Gasteiger partial charge in [0.1, 0.15) is 11.6 Å². The first-order valence-corrected chi connectivity index (χ1v) is 5.99. The third kappa shape index (κ3) is 2.73. The van der Waals surface area contributed by atoms with E-state index in [2.05, 4.69) is 0 Å². The Bertz CT molecular complexity index is 584. The highest BCUT2D eigenvalue weighted by Crippen LogP contribution is 2.23. The summed E-state index contributed by atoms with van der Waals surface area (Å²) in [5, 5.41) is 9.67. The lowest BCUT2D eigenvalue weighted by atomic mass is 10.1. The van der Waals surface area contributed by atoms with E-state index in [4.69, 9.17) is 0 Å². The molecule has 0 aliphatic heterocycles. The van der Waals surface area contributed by atoms with Crippen molar-refractivity contribution in [1.82, 2.24) is 0 Å². The van der Waals surface area contributed by atoms with Crippen molar-refractivity contribution in [3.8, 4) is 5.75 Å². The minimum absolute atomic E-state index is 0.0899. The highest BCUT2D eigenvalue weighted by atomic mass is 19.1. The molecule has 0 bridgehead atoms. The fraction of sp³-hybridized carbons (Fsp3) is 0.133. The average Bonchev–Trinajstić information content (AvgIpc) is 2.40. The second-order valence-corrected chi connectivity index (χ2v) is 4.05. The van der Waals surface area contributed by atoms with Crippen LogP contribution in [0.3, 0.4) is 0 Å². The van der Waals surface area contributed by atoms with Gasteiger partial charge in [-0.15, -0.1) is 0 Å². The summed E-state index contributed by atoms with van der Waals surface area (Å²) in [4.78, 5) is 13.9. The zero-order valence-corrected chi connectivity index (χ0v) is 10.5. The molecule has 0 atom stereocenters. The zero-order valence-electron chi connectivity index (χ0n) is 10.5. The Labute approximate surface area is 110 Å². The predicted molar refractivity (Wildman–Crippen MR) is 71.9 cm³/mol. The van der Waals surface area contributed by atoms with Gasteiger partial charge in [-0.25, -0.2) is 4.39 Å². The van der Waals surface area contributed by atoms with E-state index in [1.165, 1.54) is 11.0 Å². The number of phenolic OH excluding ortho intramolecular Hbond substituents is 1. The maximum Gasteiger partial charge on any atom is 0.262 e. The van der Waals surface area contributed by atoms with Crippen LogP contribution in [0.1, 0.15) is 17.3 Å². The lowest BCUT2D eigenvalue weighted by Gasteiger charge is -2.21. The van der Waals surface area contributed by atoms with Crippen LogP contribution >= 0.6 is 0 Å². The van der Waals surface area contributed by atoms with Crippen LogP contribution in [0.4, 0.5) is 10.1 Å². The summed E-state index contributed by atoms with van der Waals surface area (Å²) in [6.07, 6.45) is 0. The van der Waals surface area contributed by atoms with Gasteiger partial charge in [0.15, 0.2) is 0 Å². The summed E-state index contributed by atoms with van der Waals surface area (Å²) >= 11 is 0. The van der Waals surface area contributed by atoms with E-state index < -0.39 is 5.82 Å². The molecule has 0 aliphatic rings. The molecule has 2 aromatic rings. The first-order valence-electron chi connectivity index (χ1n) is 5.99. The van der Waals surface area contributed by atoms with Crippen molar-refractivity contribution in [2.75, 3.05) is 11.4 Å². The van der Waals surface area contributed by atoms with Crippen molar-refractivity contribution in [2.24, 2.45) is 0 Å². The lowest BCUT2D eigenvalue weighted by Crippen LogP contribution is -2.30. The summed E-state index contributed by atoms with van der Waals surface area (Å²) in [5.74, 6) is -1.28. The van der Waals surface area contributed by atoms with Gasteiger partial charge >= 0.3 is 0 Å². The number of hydrogen-bond acceptors (Lipinski definition) is 2. The van der Waals surface area contributed by atoms with Gasteiger partial charge in [0.05, 0.1) is 5.56 Å². The van der Waals surface area contributed by atoms with Crippen LogP contribution in [0.25, 0.3) is 0 Å². The third-order valence-corrected chi connectivity index (χ3v) is 2.82. The SMILES string of the molecule is CCN(C(=O)c1ccc(F)cc1O)c1ccccc1. The molecule has 2 rings (SSSR count). The molecule has 19 heavy (non-hydrogen) atoms. The molecule has 0 fully saturated rings. The third-order valence-electron chi connectivity index (χ3n) is 2.82. The van der Waals surface area contributed by atoms with Crippen LogP contribution in [-0.2, 0) is 0 Å². The number of carbonyl (C=O) groups excluding carboxylic acids is 1. The van der Waals surface area contributed by atoms with E-state index in [0.717, 1.165) is 17.8 Å². The number of para-hydroxylation sites is 1. The number of halogens is 1. The molecule has 0 saturated heterocycles. The number of nitrogens with zero attached hydrogens (tertiary/aromatic N) is 1. The Morgan fingerprint density at radius 1 is 1.21 bits per heavy atom. The standard InChI is InChI=1S/C15H14FNO2/c1-2-17(12-6-4-3-5-7-12)15(19)13-9-8-11(16)10-14(13)18/h3-10,18H,2H2,1H3. The topological polar surface area (TPSA) is 40.5 Å². The van der Waals surface area contributed by atoms with Gasteiger partial charge in [-0.1, -0.05) is 18.2 Å². The van der Waals surface area contributed by atoms with Gasteiger partial charge in [0.2, 0.25) is 0 Å². The number of phenols is 1. The van der Waals surface area contributed by atoms with E-state index >= 15 is 0 Å². The minimum atomic E-state index is -0.572. The van der Waals surface area contributed by atoms with Crippen molar-refractivity contribution in [2.45, 2.75) is 6.92 Å². The molecule has 0 aromatic heterocycles. The quantitative estimate of drug-likeness (QED) is 0.919. The second-order valence-electron chi connectivity index (χ2n) is 4.05. The summed E-state index contributed by atoms with van der Waals surface area (Å²) in [7, 11) is 0. The van der Waals surface area contributed by atoms with E-state index in [-0.39, 0.29) is 17.2 Å². The smallest absolute Gasteiger partial charge is 0.262 e. The first-order chi connectivity index (χ1) is 9.13. The van der Waals surface area contributed by atoms with Gasteiger partial charge < -0.3 is 10.0 Å². The van der Waals surface area contributed by atoms with E-state index in [1.54, 1.807) is 0 Å². The molecular formula is C15H14FNO2. The Morgan fingerprint density at radius 2 is 1.89 bits per heavy atom. The highest BCUT2D eigenvalue weighted by molar-refractivity contribution is 6.07. The Morgan fingerprint density at radius 3 is 2.47 bits per heavy atom. The van der Waals surface area contributed by atoms with Gasteiger partial charge in [0, 0.05) is 18.3 Å². The second kappa shape index (κ2) is 5.52.